The molecule has 4 rings (SSSR count). The van der Waals surface area contributed by atoms with Crippen LogP contribution in [0.5, 0.6) is 0 Å². The highest BCUT2D eigenvalue weighted by Crippen LogP contribution is 2.66. The molecule has 4 aliphatic rings. The molecule has 0 radical (unpaired) electrons. The molecule has 0 unspecified atom stereocenters. The predicted octanol–water partition coefficient (Wildman–Crippen LogP) is 3.39. The minimum absolute atomic E-state index is 0.0189. The van der Waals surface area contributed by atoms with Crippen LogP contribution >= 0.6 is 0 Å². The van der Waals surface area contributed by atoms with E-state index < -0.39 is 71.6 Å². The molecule has 0 spiro atoms. The summed E-state index contributed by atoms with van der Waals surface area (Å²) < 4.78 is 57.2. The normalized spacial score (nSPS) is 53.8. The average molecular weight is 487 g/mol. The summed E-state index contributed by atoms with van der Waals surface area (Å²) in [4.78, 5) is 13.1. The van der Waals surface area contributed by atoms with Crippen LogP contribution in [0.1, 0.15) is 88.2 Å². The van der Waals surface area contributed by atoms with Crippen molar-refractivity contribution >= 4 is 5.97 Å². The molecule has 0 aromatic carbocycles. The van der Waals surface area contributed by atoms with E-state index in [1.54, 1.807) is 13.8 Å². The van der Waals surface area contributed by atoms with Gasteiger partial charge in [0.2, 0.25) is 0 Å². The number of esters is 1. The number of aliphatic hydroxyl groups is 4. The number of carbonyl (C=O) groups excluding carboxylic acids is 1. The molecule has 1 saturated heterocycles. The minimum Gasteiger partial charge on any atom is -0.465 e. The van der Waals surface area contributed by atoms with Crippen LogP contribution in [0.3, 0.4) is 0 Å². The Morgan fingerprint density at radius 3 is 2.35 bits per heavy atom. The van der Waals surface area contributed by atoms with E-state index in [-0.39, 0.29) is 43.2 Å². The minimum atomic E-state index is -3.17. The van der Waals surface area contributed by atoms with Crippen molar-refractivity contribution in [3.05, 3.63) is 0 Å². The summed E-state index contributed by atoms with van der Waals surface area (Å²) in [5, 5.41) is 43.8. The molecule has 0 amide bonds. The lowest BCUT2D eigenvalue weighted by molar-refractivity contribution is -0.162. The number of rotatable bonds is 5. The molecule has 1 aliphatic heterocycles. The van der Waals surface area contributed by atoms with Crippen LogP contribution in [-0.4, -0.2) is 57.4 Å². The second kappa shape index (κ2) is 9.32. The highest BCUT2D eigenvalue weighted by atomic mass is 16.5. The van der Waals surface area contributed by atoms with E-state index in [2.05, 4.69) is 0 Å². The summed E-state index contributed by atoms with van der Waals surface area (Å²) in [6.07, 6.45) is -5.78. The van der Waals surface area contributed by atoms with Gasteiger partial charge in [-0.2, -0.15) is 0 Å². The Labute approximate surface area is 213 Å². The van der Waals surface area contributed by atoms with Gasteiger partial charge in [0.15, 0.2) is 0 Å². The van der Waals surface area contributed by atoms with Crippen molar-refractivity contribution in [2.45, 2.75) is 104 Å². The van der Waals surface area contributed by atoms with Gasteiger partial charge in [-0.3, -0.25) is 4.79 Å². The van der Waals surface area contributed by atoms with Crippen molar-refractivity contribution in [1.29, 1.82) is 0 Å². The van der Waals surface area contributed by atoms with Crippen LogP contribution in [0, 0.1) is 58.1 Å². The zero-order valence-corrected chi connectivity index (χ0v) is 21.3. The SMILES string of the molecule is [2H]C([2H])([2H])[C@@H]([C@H]1CC[C@H]2[C@@H]3COC(=O)[C@H]4C[C@H](O)[C@H](O)C[C@]4(C)[C@H]3CC[C@]12C)[C@@]([2H])(O)[C@]([2H])(O)[C@@]([2H])(C)C(C)C. The van der Waals surface area contributed by atoms with Crippen molar-refractivity contribution in [2.24, 2.45) is 58.1 Å². The van der Waals surface area contributed by atoms with E-state index >= 15 is 0 Å². The van der Waals surface area contributed by atoms with Gasteiger partial charge in [0, 0.05) is 5.48 Å². The Hall–Kier alpha value is -0.690. The number of ether oxygens (including phenoxy) is 1. The molecule has 6 nitrogen and oxygen atoms in total. The second-order valence-corrected chi connectivity index (χ2v) is 12.4. The van der Waals surface area contributed by atoms with Crippen LogP contribution in [-0.2, 0) is 9.53 Å². The summed E-state index contributed by atoms with van der Waals surface area (Å²) >= 11 is 0. The molecule has 34 heavy (non-hydrogen) atoms. The molecular formula is C28H48O6. The van der Waals surface area contributed by atoms with Gasteiger partial charge in [-0.1, -0.05) is 41.5 Å². The van der Waals surface area contributed by atoms with Gasteiger partial charge in [-0.15, -0.1) is 0 Å². The fraction of sp³-hybridized carbons (Fsp3) is 0.964. The first-order chi connectivity index (χ1) is 18.0. The van der Waals surface area contributed by atoms with E-state index in [4.69, 9.17) is 13.0 Å². The largest absolute Gasteiger partial charge is 0.465 e. The quantitative estimate of drug-likeness (QED) is 0.444. The lowest BCUT2D eigenvalue weighted by atomic mass is 9.48. The molecule has 1 heterocycles. The van der Waals surface area contributed by atoms with Crippen molar-refractivity contribution in [2.75, 3.05) is 6.61 Å². The summed E-state index contributed by atoms with van der Waals surface area (Å²) in [7, 11) is 0. The van der Waals surface area contributed by atoms with Gasteiger partial charge in [-0.05, 0) is 90.8 Å². The Bertz CT molecular complexity index is 985. The summed E-state index contributed by atoms with van der Waals surface area (Å²) in [5.41, 5.74) is -1.31. The summed E-state index contributed by atoms with van der Waals surface area (Å²) in [5.74, 6) is -6.45. The van der Waals surface area contributed by atoms with Gasteiger partial charge >= 0.3 is 5.97 Å². The van der Waals surface area contributed by atoms with E-state index in [0.29, 0.717) is 25.7 Å². The van der Waals surface area contributed by atoms with Crippen molar-refractivity contribution in [3.8, 4) is 0 Å². The Morgan fingerprint density at radius 1 is 1.03 bits per heavy atom. The number of fused-ring (bicyclic) bond motifs is 5. The third-order valence-corrected chi connectivity index (χ3v) is 10.6. The van der Waals surface area contributed by atoms with E-state index in [1.807, 2.05) is 13.8 Å². The molecule has 13 atom stereocenters. The third-order valence-electron chi connectivity index (χ3n) is 10.6. The zero-order chi connectivity index (χ0) is 30.4. The number of hydrogen-bond donors (Lipinski definition) is 4. The molecule has 6 heteroatoms. The maximum absolute atomic E-state index is 13.1. The Balaban J connectivity index is 1.73. The molecule has 4 N–H and O–H groups in total. The summed E-state index contributed by atoms with van der Waals surface area (Å²) in [6.45, 7) is 5.61. The molecule has 0 aromatic rings. The fourth-order valence-electron chi connectivity index (χ4n) is 8.19. The van der Waals surface area contributed by atoms with Crippen molar-refractivity contribution in [1.82, 2.24) is 0 Å². The van der Waals surface area contributed by atoms with Crippen LogP contribution < -0.4 is 0 Å². The molecular weight excluding hydrogens is 432 g/mol. The third kappa shape index (κ3) is 4.05. The molecule has 0 bridgehead atoms. The number of carbonyl (C=O) groups is 1. The Kier molecular flexibility index (Phi) is 5.32. The van der Waals surface area contributed by atoms with Crippen molar-refractivity contribution in [3.63, 3.8) is 0 Å². The lowest BCUT2D eigenvalue weighted by Gasteiger charge is -2.56. The van der Waals surface area contributed by atoms with Gasteiger partial charge in [0.1, 0.15) is 0 Å². The van der Waals surface area contributed by atoms with Gasteiger partial charge in [0.25, 0.3) is 0 Å². The van der Waals surface area contributed by atoms with Crippen molar-refractivity contribution < 1.29 is 38.2 Å². The topological polar surface area (TPSA) is 107 Å². The van der Waals surface area contributed by atoms with Gasteiger partial charge in [-0.25, -0.2) is 0 Å². The fourth-order valence-corrected chi connectivity index (χ4v) is 8.19. The van der Waals surface area contributed by atoms with Gasteiger partial charge < -0.3 is 25.2 Å². The monoisotopic (exact) mass is 486 g/mol. The predicted molar refractivity (Wildman–Crippen MR) is 130 cm³/mol. The first-order valence-corrected chi connectivity index (χ1v) is 13.0. The van der Waals surface area contributed by atoms with Crippen LogP contribution in [0.15, 0.2) is 0 Å². The maximum atomic E-state index is 13.1. The molecule has 196 valence electrons. The van der Waals surface area contributed by atoms with Gasteiger partial charge in [0.05, 0.1) is 39.6 Å². The maximum Gasteiger partial charge on any atom is 0.309 e. The average Bonchev–Trinajstić information content (AvgIpc) is 3.09. The van der Waals surface area contributed by atoms with Crippen LogP contribution in [0.4, 0.5) is 0 Å². The van der Waals surface area contributed by atoms with Crippen LogP contribution in [0.25, 0.3) is 0 Å². The number of aliphatic hydroxyl groups excluding tert-OH is 2. The summed E-state index contributed by atoms with van der Waals surface area (Å²) in [6, 6.07) is 0. The van der Waals surface area contributed by atoms with E-state index in [9.17, 15) is 25.2 Å². The second-order valence-electron chi connectivity index (χ2n) is 12.4. The zero-order valence-electron chi connectivity index (χ0n) is 27.3. The Morgan fingerprint density at radius 2 is 1.71 bits per heavy atom. The van der Waals surface area contributed by atoms with E-state index in [1.165, 1.54) is 6.92 Å². The highest BCUT2D eigenvalue weighted by Gasteiger charge is 2.63. The first-order valence-electron chi connectivity index (χ1n) is 16.0. The van der Waals surface area contributed by atoms with E-state index in [0.717, 1.165) is 0 Å². The highest BCUT2D eigenvalue weighted by molar-refractivity contribution is 5.74. The molecule has 0 aromatic heterocycles. The first kappa shape index (κ1) is 19.4. The molecule has 3 aliphatic carbocycles. The molecule has 3 saturated carbocycles. The molecule has 4 fully saturated rings. The number of cyclic esters (lactones) is 1. The standard InChI is InChI=1S/C28H48O6/c1-14(2)15(3)24(31)25(32)16(4)18-7-8-19-17-13-34-26(33)21-11-22(29)23(30)12-28(21,6)20(17)9-10-27(18,19)5/h14-25,29-32H,7-13H2,1-6H3/t15-,16-,17-,18+,19-,20-,21+,22-,23+,24+,25+,27+,28+/m0/s1/i4D3,15D,24D,25D. The smallest absolute Gasteiger partial charge is 0.309 e. The number of hydrogen-bond acceptors (Lipinski definition) is 6. The van der Waals surface area contributed by atoms with Crippen LogP contribution in [0.2, 0.25) is 0 Å². The lowest BCUT2D eigenvalue weighted by Crippen LogP contribution is -2.55.